The highest BCUT2D eigenvalue weighted by molar-refractivity contribution is 5.97. The fourth-order valence-electron chi connectivity index (χ4n) is 2.67. The molecule has 1 aliphatic rings. The number of aromatic amines is 2. The summed E-state index contributed by atoms with van der Waals surface area (Å²) in [5.74, 6) is -1.17. The van der Waals surface area contributed by atoms with Gasteiger partial charge in [0.25, 0.3) is 5.91 Å². The maximum Gasteiger partial charge on any atom is 0.323 e. The van der Waals surface area contributed by atoms with Gasteiger partial charge in [0, 0.05) is 25.2 Å². The molecule has 8 nitrogen and oxygen atoms in total. The average molecular weight is 304 g/mol. The molecule has 1 fully saturated rings. The number of rotatable bonds is 2. The summed E-state index contributed by atoms with van der Waals surface area (Å²) < 4.78 is 0. The topological polar surface area (TPSA) is 110 Å². The van der Waals surface area contributed by atoms with E-state index in [1.54, 1.807) is 30.1 Å². The van der Waals surface area contributed by atoms with Crippen molar-refractivity contribution in [2.75, 3.05) is 26.7 Å². The lowest BCUT2D eigenvalue weighted by molar-refractivity contribution is -0.144. The van der Waals surface area contributed by atoms with Crippen LogP contribution >= 0.6 is 0 Å². The maximum atomic E-state index is 12.5. The lowest BCUT2D eigenvalue weighted by Gasteiger charge is -2.37. The number of hydrogen-bond donors (Lipinski definition) is 3. The molecule has 0 spiro atoms. The number of carboxylic acid groups (broad SMARTS) is 1. The number of nitrogens with one attached hydrogen (secondary N) is 2. The summed E-state index contributed by atoms with van der Waals surface area (Å²) in [6.45, 7) is 1.12. The molecule has 0 aliphatic carbocycles. The van der Waals surface area contributed by atoms with Crippen LogP contribution in [-0.2, 0) is 4.79 Å². The Morgan fingerprint density at radius 2 is 1.95 bits per heavy atom. The lowest BCUT2D eigenvalue weighted by atomic mass is 10.1. The Morgan fingerprint density at radius 1 is 1.23 bits per heavy atom. The smallest absolute Gasteiger partial charge is 0.323 e. The van der Waals surface area contributed by atoms with Gasteiger partial charge in [0.1, 0.15) is 6.04 Å². The number of piperazine rings is 1. The summed E-state index contributed by atoms with van der Waals surface area (Å²) in [7, 11) is 1.73. The molecule has 1 aliphatic heterocycles. The van der Waals surface area contributed by atoms with Crippen LogP contribution in [0.3, 0.4) is 0 Å². The number of carbonyl (C=O) groups is 2. The molecule has 2 heterocycles. The van der Waals surface area contributed by atoms with Gasteiger partial charge in [-0.05, 0) is 25.2 Å². The van der Waals surface area contributed by atoms with Crippen LogP contribution in [0.15, 0.2) is 23.0 Å². The van der Waals surface area contributed by atoms with Gasteiger partial charge in [-0.25, -0.2) is 4.79 Å². The van der Waals surface area contributed by atoms with E-state index >= 15 is 0 Å². The molecule has 1 amide bonds. The van der Waals surface area contributed by atoms with Crippen LogP contribution < -0.4 is 5.69 Å². The number of carboxylic acids is 1. The zero-order chi connectivity index (χ0) is 15.9. The molecular formula is C14H16N4O4. The molecule has 1 aromatic carbocycles. The second-order valence-electron chi connectivity index (χ2n) is 5.43. The number of benzene rings is 1. The van der Waals surface area contributed by atoms with Gasteiger partial charge in [-0.15, -0.1) is 0 Å². The highest BCUT2D eigenvalue weighted by Crippen LogP contribution is 2.15. The first-order valence-corrected chi connectivity index (χ1v) is 6.90. The summed E-state index contributed by atoms with van der Waals surface area (Å²) in [4.78, 5) is 43.5. The Kier molecular flexibility index (Phi) is 3.45. The molecular weight excluding hydrogens is 288 g/mol. The molecule has 1 atom stereocenters. The lowest BCUT2D eigenvalue weighted by Crippen LogP contribution is -2.56. The molecule has 8 heteroatoms. The third-order valence-corrected chi connectivity index (χ3v) is 3.98. The third kappa shape index (κ3) is 2.48. The van der Waals surface area contributed by atoms with Crippen LogP contribution in [0, 0.1) is 0 Å². The predicted octanol–water partition coefficient (Wildman–Crippen LogP) is -0.303. The number of likely N-dealkylation sites (N-methyl/N-ethyl adjacent to an activating group) is 1. The van der Waals surface area contributed by atoms with Gasteiger partial charge in [-0.1, -0.05) is 0 Å². The summed E-state index contributed by atoms with van der Waals surface area (Å²) in [5.41, 5.74) is 1.28. The number of aromatic nitrogens is 2. The standard InChI is InChI=1S/C14H16N4O4/c1-17-4-5-18(7-11(17)13(20)21)12(19)8-2-3-9-10(6-8)16-14(22)15-9/h2-3,6,11H,4-5,7H2,1H3,(H,20,21)(H2,15,16,22). The van der Waals surface area contributed by atoms with E-state index in [4.69, 9.17) is 0 Å². The molecule has 0 radical (unpaired) electrons. The SMILES string of the molecule is CN1CCN(C(=O)c2ccc3[nH]c(=O)[nH]c3c2)CC1C(=O)O. The van der Waals surface area contributed by atoms with Gasteiger partial charge in [0.2, 0.25) is 0 Å². The van der Waals surface area contributed by atoms with E-state index in [1.165, 1.54) is 4.90 Å². The first kappa shape index (κ1) is 14.3. The minimum absolute atomic E-state index is 0.145. The molecule has 1 unspecified atom stereocenters. The Balaban J connectivity index is 1.85. The fraction of sp³-hybridized carbons (Fsp3) is 0.357. The van der Waals surface area contributed by atoms with E-state index in [9.17, 15) is 19.5 Å². The minimum Gasteiger partial charge on any atom is -0.480 e. The predicted molar refractivity (Wildman–Crippen MR) is 78.9 cm³/mol. The number of fused-ring (bicyclic) bond motifs is 1. The van der Waals surface area contributed by atoms with Crippen molar-refractivity contribution in [1.29, 1.82) is 0 Å². The summed E-state index contributed by atoms with van der Waals surface area (Å²) in [6.07, 6.45) is 0. The van der Waals surface area contributed by atoms with Gasteiger partial charge in [-0.3, -0.25) is 14.5 Å². The molecule has 1 aromatic heterocycles. The van der Waals surface area contributed by atoms with E-state index < -0.39 is 12.0 Å². The van der Waals surface area contributed by atoms with E-state index in [1.807, 2.05) is 0 Å². The van der Waals surface area contributed by atoms with Crippen molar-refractivity contribution in [3.8, 4) is 0 Å². The number of aliphatic carboxylic acids is 1. The fourth-order valence-corrected chi connectivity index (χ4v) is 2.67. The van der Waals surface area contributed by atoms with E-state index in [0.29, 0.717) is 29.7 Å². The van der Waals surface area contributed by atoms with Crippen LogP contribution in [0.25, 0.3) is 11.0 Å². The van der Waals surface area contributed by atoms with Crippen molar-refractivity contribution in [2.24, 2.45) is 0 Å². The zero-order valence-corrected chi connectivity index (χ0v) is 12.0. The molecule has 0 saturated carbocycles. The quantitative estimate of drug-likeness (QED) is 0.705. The molecule has 3 rings (SSSR count). The number of carbonyl (C=O) groups excluding carboxylic acids is 1. The number of H-pyrrole nitrogens is 2. The number of amides is 1. The first-order chi connectivity index (χ1) is 10.5. The Morgan fingerprint density at radius 3 is 2.68 bits per heavy atom. The van der Waals surface area contributed by atoms with Crippen LogP contribution in [0.5, 0.6) is 0 Å². The van der Waals surface area contributed by atoms with Crippen LogP contribution in [0.1, 0.15) is 10.4 Å². The van der Waals surface area contributed by atoms with E-state index in [0.717, 1.165) is 0 Å². The van der Waals surface area contributed by atoms with Crippen molar-refractivity contribution in [1.82, 2.24) is 19.8 Å². The van der Waals surface area contributed by atoms with Gasteiger partial charge in [0.05, 0.1) is 11.0 Å². The molecule has 3 N–H and O–H groups in total. The second-order valence-corrected chi connectivity index (χ2v) is 5.43. The van der Waals surface area contributed by atoms with E-state index in [-0.39, 0.29) is 18.1 Å². The largest absolute Gasteiger partial charge is 0.480 e. The molecule has 0 bridgehead atoms. The van der Waals surface area contributed by atoms with E-state index in [2.05, 4.69) is 9.97 Å². The average Bonchev–Trinajstić information content (AvgIpc) is 2.85. The van der Waals surface area contributed by atoms with Gasteiger partial charge >= 0.3 is 11.7 Å². The molecule has 2 aromatic rings. The minimum atomic E-state index is -0.939. The number of hydrogen-bond acceptors (Lipinski definition) is 4. The van der Waals surface area contributed by atoms with Crippen LogP contribution in [0.2, 0.25) is 0 Å². The monoisotopic (exact) mass is 304 g/mol. The Labute approximate surface area is 125 Å². The molecule has 1 saturated heterocycles. The summed E-state index contributed by atoms with van der Waals surface area (Å²) in [6, 6.07) is 4.19. The Hall–Kier alpha value is -2.61. The normalized spacial score (nSPS) is 19.5. The first-order valence-electron chi connectivity index (χ1n) is 6.90. The van der Waals surface area contributed by atoms with Gasteiger partial charge in [0.15, 0.2) is 0 Å². The van der Waals surface area contributed by atoms with Crippen molar-refractivity contribution >= 4 is 22.9 Å². The zero-order valence-electron chi connectivity index (χ0n) is 12.0. The highest BCUT2D eigenvalue weighted by atomic mass is 16.4. The number of nitrogens with zero attached hydrogens (tertiary/aromatic N) is 2. The summed E-state index contributed by atoms with van der Waals surface area (Å²) >= 11 is 0. The third-order valence-electron chi connectivity index (χ3n) is 3.98. The van der Waals surface area contributed by atoms with Crippen molar-refractivity contribution in [3.05, 3.63) is 34.2 Å². The molecule has 22 heavy (non-hydrogen) atoms. The molecule has 116 valence electrons. The summed E-state index contributed by atoms with van der Waals surface area (Å²) in [5, 5.41) is 9.20. The van der Waals surface area contributed by atoms with Gasteiger partial charge < -0.3 is 20.0 Å². The van der Waals surface area contributed by atoms with Crippen LogP contribution in [0.4, 0.5) is 0 Å². The second kappa shape index (κ2) is 5.30. The maximum absolute atomic E-state index is 12.5. The Bertz CT molecular complexity index is 793. The van der Waals surface area contributed by atoms with Crippen molar-refractivity contribution in [2.45, 2.75) is 6.04 Å². The van der Waals surface area contributed by atoms with Crippen LogP contribution in [-0.4, -0.2) is 69.5 Å². The number of imidazole rings is 1. The van der Waals surface area contributed by atoms with Crippen molar-refractivity contribution < 1.29 is 14.7 Å². The van der Waals surface area contributed by atoms with Gasteiger partial charge in [-0.2, -0.15) is 0 Å². The van der Waals surface area contributed by atoms with Crippen molar-refractivity contribution in [3.63, 3.8) is 0 Å². The highest BCUT2D eigenvalue weighted by Gasteiger charge is 2.32.